The summed E-state index contributed by atoms with van der Waals surface area (Å²) in [6.45, 7) is 3.26. The standard InChI is InChI=1S/C13H26N2/c1-11-6-5-9-13(10-14)15(11)12-7-3-2-4-8-12/h11-13H,2-10,14H2,1H3. The molecule has 0 aromatic rings. The van der Waals surface area contributed by atoms with Gasteiger partial charge in [-0.3, -0.25) is 4.90 Å². The molecule has 2 heteroatoms. The lowest BCUT2D eigenvalue weighted by atomic mass is 9.87. The molecule has 0 bridgehead atoms. The second-order valence-corrected chi connectivity index (χ2v) is 5.41. The molecule has 1 saturated heterocycles. The number of hydrogen-bond acceptors (Lipinski definition) is 2. The third kappa shape index (κ3) is 2.54. The van der Waals surface area contributed by atoms with Crippen LogP contribution in [0.1, 0.15) is 58.3 Å². The summed E-state index contributed by atoms with van der Waals surface area (Å²) in [5.41, 5.74) is 5.92. The molecular weight excluding hydrogens is 184 g/mol. The molecule has 1 heterocycles. The number of likely N-dealkylation sites (tertiary alicyclic amines) is 1. The van der Waals surface area contributed by atoms with Crippen molar-refractivity contribution in [1.82, 2.24) is 4.90 Å². The van der Waals surface area contributed by atoms with Crippen molar-refractivity contribution < 1.29 is 0 Å². The summed E-state index contributed by atoms with van der Waals surface area (Å²) < 4.78 is 0. The van der Waals surface area contributed by atoms with Gasteiger partial charge in [-0.25, -0.2) is 0 Å². The van der Waals surface area contributed by atoms with Crippen LogP contribution in [0, 0.1) is 0 Å². The van der Waals surface area contributed by atoms with Crippen molar-refractivity contribution in [2.45, 2.75) is 76.4 Å². The fourth-order valence-corrected chi connectivity index (χ4v) is 3.58. The molecule has 1 aliphatic carbocycles. The predicted octanol–water partition coefficient (Wildman–Crippen LogP) is 2.52. The summed E-state index contributed by atoms with van der Waals surface area (Å²) in [6, 6.07) is 2.30. The van der Waals surface area contributed by atoms with E-state index in [4.69, 9.17) is 5.73 Å². The van der Waals surface area contributed by atoms with E-state index in [0.29, 0.717) is 6.04 Å². The van der Waals surface area contributed by atoms with E-state index in [1.807, 2.05) is 0 Å². The Morgan fingerprint density at radius 1 is 1.00 bits per heavy atom. The van der Waals surface area contributed by atoms with Gasteiger partial charge in [-0.15, -0.1) is 0 Å². The molecule has 2 fully saturated rings. The quantitative estimate of drug-likeness (QED) is 0.759. The highest BCUT2D eigenvalue weighted by molar-refractivity contribution is 4.89. The van der Waals surface area contributed by atoms with Crippen LogP contribution in [0.15, 0.2) is 0 Å². The van der Waals surface area contributed by atoms with E-state index in [9.17, 15) is 0 Å². The van der Waals surface area contributed by atoms with Gasteiger partial charge in [-0.1, -0.05) is 25.7 Å². The molecular formula is C13H26N2. The van der Waals surface area contributed by atoms with Crippen LogP contribution < -0.4 is 5.73 Å². The lowest BCUT2D eigenvalue weighted by Crippen LogP contribution is -2.54. The second kappa shape index (κ2) is 5.31. The maximum absolute atomic E-state index is 5.92. The largest absolute Gasteiger partial charge is 0.329 e. The zero-order valence-electron chi connectivity index (χ0n) is 10.1. The van der Waals surface area contributed by atoms with Crippen molar-refractivity contribution in [1.29, 1.82) is 0 Å². The Kier molecular flexibility index (Phi) is 4.04. The van der Waals surface area contributed by atoms with Gasteiger partial charge in [-0.05, 0) is 32.6 Å². The highest BCUT2D eigenvalue weighted by atomic mass is 15.2. The molecule has 2 N–H and O–H groups in total. The Labute approximate surface area is 94.2 Å². The van der Waals surface area contributed by atoms with E-state index in [0.717, 1.165) is 18.6 Å². The minimum absolute atomic E-state index is 0.678. The topological polar surface area (TPSA) is 29.3 Å². The first kappa shape index (κ1) is 11.4. The summed E-state index contributed by atoms with van der Waals surface area (Å²) in [7, 11) is 0. The number of hydrogen-bond donors (Lipinski definition) is 1. The molecule has 0 amide bonds. The molecule has 0 spiro atoms. The molecule has 2 aliphatic rings. The maximum atomic E-state index is 5.92. The molecule has 1 aliphatic heterocycles. The number of piperidine rings is 1. The van der Waals surface area contributed by atoms with Crippen LogP contribution in [0.3, 0.4) is 0 Å². The fraction of sp³-hybridized carbons (Fsp3) is 1.00. The Morgan fingerprint density at radius 2 is 1.73 bits per heavy atom. The van der Waals surface area contributed by atoms with E-state index in [1.165, 1.54) is 51.4 Å². The van der Waals surface area contributed by atoms with Crippen LogP contribution in [0.2, 0.25) is 0 Å². The van der Waals surface area contributed by atoms with Crippen LogP contribution in [0.25, 0.3) is 0 Å². The molecule has 2 unspecified atom stereocenters. The lowest BCUT2D eigenvalue weighted by molar-refractivity contribution is 0.0330. The third-order valence-corrected chi connectivity index (χ3v) is 4.36. The van der Waals surface area contributed by atoms with Crippen LogP contribution in [-0.2, 0) is 0 Å². The smallest absolute Gasteiger partial charge is 0.0224 e. The number of rotatable bonds is 2. The average Bonchev–Trinajstić information content (AvgIpc) is 2.29. The summed E-state index contributed by atoms with van der Waals surface area (Å²) in [5.74, 6) is 0. The van der Waals surface area contributed by atoms with Gasteiger partial charge in [-0.2, -0.15) is 0 Å². The first-order valence-corrected chi connectivity index (χ1v) is 6.80. The fourth-order valence-electron chi connectivity index (χ4n) is 3.58. The van der Waals surface area contributed by atoms with Crippen LogP contribution in [0.5, 0.6) is 0 Å². The molecule has 1 saturated carbocycles. The lowest BCUT2D eigenvalue weighted by Gasteiger charge is -2.46. The SMILES string of the molecule is CC1CCCC(CN)N1C1CCCCC1. The van der Waals surface area contributed by atoms with Gasteiger partial charge in [0.1, 0.15) is 0 Å². The summed E-state index contributed by atoms with van der Waals surface area (Å²) >= 11 is 0. The molecule has 2 nitrogen and oxygen atoms in total. The van der Waals surface area contributed by atoms with E-state index in [2.05, 4.69) is 11.8 Å². The van der Waals surface area contributed by atoms with Gasteiger partial charge in [0, 0.05) is 24.7 Å². The highest BCUT2D eigenvalue weighted by Crippen LogP contribution is 2.31. The molecule has 0 radical (unpaired) electrons. The second-order valence-electron chi connectivity index (χ2n) is 5.41. The molecule has 15 heavy (non-hydrogen) atoms. The number of nitrogens with two attached hydrogens (primary N) is 1. The zero-order chi connectivity index (χ0) is 10.7. The van der Waals surface area contributed by atoms with Crippen molar-refractivity contribution in [2.75, 3.05) is 6.54 Å². The highest BCUT2D eigenvalue weighted by Gasteiger charge is 2.32. The normalized spacial score (nSPS) is 35.6. The average molecular weight is 210 g/mol. The van der Waals surface area contributed by atoms with Crippen molar-refractivity contribution in [2.24, 2.45) is 5.73 Å². The van der Waals surface area contributed by atoms with Crippen molar-refractivity contribution in [3.63, 3.8) is 0 Å². The molecule has 88 valence electrons. The minimum Gasteiger partial charge on any atom is -0.329 e. The van der Waals surface area contributed by atoms with Gasteiger partial charge in [0.25, 0.3) is 0 Å². The van der Waals surface area contributed by atoms with Gasteiger partial charge < -0.3 is 5.73 Å². The monoisotopic (exact) mass is 210 g/mol. The summed E-state index contributed by atoms with van der Waals surface area (Å²) in [4.78, 5) is 2.77. The van der Waals surface area contributed by atoms with Crippen LogP contribution >= 0.6 is 0 Å². The van der Waals surface area contributed by atoms with Crippen LogP contribution in [0.4, 0.5) is 0 Å². The van der Waals surface area contributed by atoms with Crippen molar-refractivity contribution in [3.8, 4) is 0 Å². The van der Waals surface area contributed by atoms with E-state index >= 15 is 0 Å². The first-order chi connectivity index (χ1) is 7.33. The van der Waals surface area contributed by atoms with Gasteiger partial charge in [0.15, 0.2) is 0 Å². The summed E-state index contributed by atoms with van der Waals surface area (Å²) in [6.07, 6.45) is 11.3. The van der Waals surface area contributed by atoms with Crippen molar-refractivity contribution >= 4 is 0 Å². The Bertz CT molecular complexity index is 187. The van der Waals surface area contributed by atoms with E-state index in [1.54, 1.807) is 0 Å². The Hall–Kier alpha value is -0.0800. The van der Waals surface area contributed by atoms with Gasteiger partial charge in [0.2, 0.25) is 0 Å². The third-order valence-electron chi connectivity index (χ3n) is 4.36. The first-order valence-electron chi connectivity index (χ1n) is 6.80. The molecule has 0 aromatic carbocycles. The maximum Gasteiger partial charge on any atom is 0.0224 e. The molecule has 2 atom stereocenters. The van der Waals surface area contributed by atoms with Gasteiger partial charge >= 0.3 is 0 Å². The Balaban J connectivity index is 2.00. The summed E-state index contributed by atoms with van der Waals surface area (Å²) in [5, 5.41) is 0. The zero-order valence-corrected chi connectivity index (χ0v) is 10.1. The number of nitrogens with zero attached hydrogens (tertiary/aromatic N) is 1. The Morgan fingerprint density at radius 3 is 2.40 bits per heavy atom. The van der Waals surface area contributed by atoms with Crippen LogP contribution in [-0.4, -0.2) is 29.6 Å². The molecule has 0 aromatic heterocycles. The minimum atomic E-state index is 0.678. The van der Waals surface area contributed by atoms with Gasteiger partial charge in [0.05, 0.1) is 0 Å². The van der Waals surface area contributed by atoms with E-state index in [-0.39, 0.29) is 0 Å². The van der Waals surface area contributed by atoms with Crippen molar-refractivity contribution in [3.05, 3.63) is 0 Å². The predicted molar refractivity (Wildman–Crippen MR) is 64.9 cm³/mol. The molecule has 2 rings (SSSR count). The van der Waals surface area contributed by atoms with E-state index < -0.39 is 0 Å².